The molecule has 0 fully saturated rings. The second-order valence-corrected chi connectivity index (χ2v) is 17.3. The number of benzene rings is 6. The van der Waals surface area contributed by atoms with Crippen LogP contribution < -0.4 is 0 Å². The molecule has 0 atom stereocenters. The third kappa shape index (κ3) is 6.04. The molecule has 0 nitrogen and oxygen atoms in total. The number of thiophene rings is 4. The Kier molecular flexibility index (Phi) is 8.04. The van der Waals surface area contributed by atoms with Gasteiger partial charge in [-0.3, -0.25) is 0 Å². The van der Waals surface area contributed by atoms with E-state index in [-0.39, 0.29) is 0 Å². The highest BCUT2D eigenvalue weighted by Crippen LogP contribution is 2.41. The fraction of sp³-hybridized carbons (Fsp3) is 0. The average Bonchev–Trinajstić information content (AvgIpc) is 4.01. The van der Waals surface area contributed by atoms with Gasteiger partial charge in [0.1, 0.15) is 0 Å². The molecular weight excluding hydrogens is 705 g/mol. The van der Waals surface area contributed by atoms with Gasteiger partial charge in [-0.15, -0.1) is 45.3 Å². The first-order valence-corrected chi connectivity index (χ1v) is 20.6. The molecule has 0 saturated heterocycles. The van der Waals surface area contributed by atoms with Crippen LogP contribution in [0.25, 0.3) is 95.3 Å². The standard InChI is InChI=1S/C48H30S4/c1-3-7-43-37(5-1)39-23-17-33(29-47(39)51-43)11-9-31-13-19-35(20-14-31)41-25-27-45(49-41)46-28-26-42(50-46)36-21-15-32(16-22-36)10-12-34-18-24-40-38-6-2-4-8-44(38)52-48(40)30-34/h1-30H. The van der Waals surface area contributed by atoms with Gasteiger partial charge in [0.05, 0.1) is 0 Å². The lowest BCUT2D eigenvalue weighted by atomic mass is 10.1. The fourth-order valence-electron chi connectivity index (χ4n) is 6.85. The Morgan fingerprint density at radius 2 is 0.635 bits per heavy atom. The van der Waals surface area contributed by atoms with Crippen LogP contribution in [0.5, 0.6) is 0 Å². The summed E-state index contributed by atoms with van der Waals surface area (Å²) < 4.78 is 5.36. The van der Waals surface area contributed by atoms with Crippen molar-refractivity contribution in [2.24, 2.45) is 0 Å². The van der Waals surface area contributed by atoms with Crippen molar-refractivity contribution in [1.29, 1.82) is 0 Å². The number of fused-ring (bicyclic) bond motifs is 6. The molecular formula is C48H30S4. The zero-order valence-corrected chi connectivity index (χ0v) is 31.2. The molecule has 0 spiro atoms. The van der Waals surface area contributed by atoms with Crippen molar-refractivity contribution in [1.82, 2.24) is 0 Å². The van der Waals surface area contributed by atoms with Crippen LogP contribution in [0, 0.1) is 0 Å². The van der Waals surface area contributed by atoms with Gasteiger partial charge in [0.25, 0.3) is 0 Å². The predicted molar refractivity (Wildman–Crippen MR) is 235 cm³/mol. The van der Waals surface area contributed by atoms with Gasteiger partial charge in [0, 0.05) is 59.9 Å². The molecule has 4 aromatic heterocycles. The summed E-state index contributed by atoms with van der Waals surface area (Å²) >= 11 is 7.45. The summed E-state index contributed by atoms with van der Waals surface area (Å²) in [6, 6.07) is 57.7. The van der Waals surface area contributed by atoms with Crippen LogP contribution >= 0.6 is 45.3 Å². The molecule has 0 amide bonds. The highest BCUT2D eigenvalue weighted by atomic mass is 32.1. The third-order valence-electron chi connectivity index (χ3n) is 9.59. The number of hydrogen-bond donors (Lipinski definition) is 0. The van der Waals surface area contributed by atoms with Crippen molar-refractivity contribution in [3.63, 3.8) is 0 Å². The molecule has 4 heteroatoms. The molecule has 0 unspecified atom stereocenters. The van der Waals surface area contributed by atoms with E-state index in [1.165, 1.54) is 93.2 Å². The predicted octanol–water partition coefficient (Wildman–Crippen LogP) is 15.9. The van der Waals surface area contributed by atoms with Crippen LogP contribution in [0.2, 0.25) is 0 Å². The van der Waals surface area contributed by atoms with Crippen molar-refractivity contribution >= 4 is 110 Å². The Morgan fingerprint density at radius 1 is 0.269 bits per heavy atom. The van der Waals surface area contributed by atoms with Crippen molar-refractivity contribution in [3.05, 3.63) is 180 Å². The minimum absolute atomic E-state index is 1.20. The summed E-state index contributed by atoms with van der Waals surface area (Å²) in [6.07, 6.45) is 8.85. The zero-order chi connectivity index (χ0) is 34.4. The van der Waals surface area contributed by atoms with Crippen LogP contribution in [0.15, 0.2) is 158 Å². The van der Waals surface area contributed by atoms with Crippen molar-refractivity contribution in [2.45, 2.75) is 0 Å². The summed E-state index contributed by atoms with van der Waals surface area (Å²) in [6.45, 7) is 0. The maximum atomic E-state index is 2.30. The van der Waals surface area contributed by atoms with E-state index in [0.29, 0.717) is 0 Å². The zero-order valence-electron chi connectivity index (χ0n) is 28.0. The minimum Gasteiger partial charge on any atom is -0.135 e. The fourth-order valence-corrected chi connectivity index (χ4v) is 11.3. The van der Waals surface area contributed by atoms with E-state index in [1.54, 1.807) is 0 Å². The molecule has 246 valence electrons. The van der Waals surface area contributed by atoms with Crippen LogP contribution in [-0.4, -0.2) is 0 Å². The van der Waals surface area contributed by atoms with Crippen LogP contribution in [0.4, 0.5) is 0 Å². The van der Waals surface area contributed by atoms with Gasteiger partial charge in [0.2, 0.25) is 0 Å². The summed E-state index contributed by atoms with van der Waals surface area (Å²) in [4.78, 5) is 5.20. The molecule has 6 aromatic carbocycles. The third-order valence-corrected chi connectivity index (χ3v) is 14.3. The Labute approximate surface area is 318 Å². The van der Waals surface area contributed by atoms with Gasteiger partial charge in [-0.1, -0.05) is 133 Å². The normalized spacial score (nSPS) is 12.1. The van der Waals surface area contributed by atoms with Crippen LogP contribution in [0.3, 0.4) is 0 Å². The van der Waals surface area contributed by atoms with Crippen molar-refractivity contribution in [3.8, 4) is 30.6 Å². The smallest absolute Gasteiger partial charge is 0.0449 e. The quantitative estimate of drug-likeness (QED) is 0.143. The van der Waals surface area contributed by atoms with E-state index in [4.69, 9.17) is 0 Å². The van der Waals surface area contributed by atoms with Crippen LogP contribution in [0.1, 0.15) is 22.3 Å². The first kappa shape index (κ1) is 31.4. The van der Waals surface area contributed by atoms with Gasteiger partial charge in [-0.25, -0.2) is 0 Å². The van der Waals surface area contributed by atoms with E-state index in [9.17, 15) is 0 Å². The molecule has 52 heavy (non-hydrogen) atoms. The SMILES string of the molecule is C(=Cc1ccc2c(c1)sc1ccccc12)c1ccc(-c2ccc(-c3ccc(-c4ccc(C=Cc5ccc6c(c5)sc5ccccc56)cc4)s3)s2)cc1. The summed E-state index contributed by atoms with van der Waals surface area (Å²) in [7, 11) is 0. The minimum atomic E-state index is 1.20. The second kappa shape index (κ2) is 13.3. The molecule has 0 radical (unpaired) electrons. The van der Waals surface area contributed by atoms with Crippen molar-refractivity contribution in [2.75, 3.05) is 0 Å². The van der Waals surface area contributed by atoms with Gasteiger partial charge in [-0.05, 0) is 81.9 Å². The lowest BCUT2D eigenvalue weighted by molar-refractivity contribution is 1.65. The topological polar surface area (TPSA) is 0 Å². The molecule has 0 bridgehead atoms. The summed E-state index contributed by atoms with van der Waals surface area (Å²) in [5, 5.41) is 5.37. The van der Waals surface area contributed by atoms with E-state index in [2.05, 4.69) is 182 Å². The van der Waals surface area contributed by atoms with Gasteiger partial charge >= 0.3 is 0 Å². The lowest BCUT2D eigenvalue weighted by Gasteiger charge is -2.00. The molecule has 0 aliphatic rings. The molecule has 0 aliphatic heterocycles. The largest absolute Gasteiger partial charge is 0.135 e. The van der Waals surface area contributed by atoms with Crippen molar-refractivity contribution < 1.29 is 0 Å². The summed E-state index contributed by atoms with van der Waals surface area (Å²) in [5.41, 5.74) is 7.37. The highest BCUT2D eigenvalue weighted by molar-refractivity contribution is 7.26. The molecule has 10 aromatic rings. The monoisotopic (exact) mass is 734 g/mol. The second-order valence-electron chi connectivity index (χ2n) is 12.9. The van der Waals surface area contributed by atoms with Gasteiger partial charge < -0.3 is 0 Å². The Hall–Kier alpha value is -5.36. The molecule has 4 heterocycles. The first-order valence-electron chi connectivity index (χ1n) is 17.3. The van der Waals surface area contributed by atoms with Crippen LogP contribution in [-0.2, 0) is 0 Å². The van der Waals surface area contributed by atoms with E-state index in [0.717, 1.165) is 0 Å². The maximum Gasteiger partial charge on any atom is 0.0449 e. The lowest BCUT2D eigenvalue weighted by Crippen LogP contribution is -1.75. The molecule has 0 saturated carbocycles. The Morgan fingerprint density at radius 3 is 1.10 bits per heavy atom. The van der Waals surface area contributed by atoms with E-state index in [1.807, 2.05) is 45.3 Å². The molecule has 0 aliphatic carbocycles. The molecule has 10 rings (SSSR count). The summed E-state index contributed by atoms with van der Waals surface area (Å²) in [5.74, 6) is 0. The number of hydrogen-bond acceptors (Lipinski definition) is 4. The highest BCUT2D eigenvalue weighted by Gasteiger charge is 2.10. The van der Waals surface area contributed by atoms with Gasteiger partial charge in [-0.2, -0.15) is 0 Å². The number of rotatable bonds is 7. The Bertz CT molecular complexity index is 2740. The van der Waals surface area contributed by atoms with Gasteiger partial charge in [0.15, 0.2) is 0 Å². The first-order chi connectivity index (χ1) is 25.7. The molecule has 0 N–H and O–H groups in total. The average molecular weight is 735 g/mol. The van der Waals surface area contributed by atoms with E-state index < -0.39 is 0 Å². The Balaban J connectivity index is 0.803. The van der Waals surface area contributed by atoms with E-state index >= 15 is 0 Å². The maximum absolute atomic E-state index is 2.30.